The Hall–Kier alpha value is -2.04. The number of amides is 2. The van der Waals surface area contributed by atoms with Gasteiger partial charge in [0.15, 0.2) is 0 Å². The summed E-state index contributed by atoms with van der Waals surface area (Å²) in [5.41, 5.74) is 1.85. The van der Waals surface area contributed by atoms with E-state index in [1.807, 2.05) is 12.1 Å². The number of nitrogens with one attached hydrogen (secondary N) is 2. The molecule has 0 radical (unpaired) electrons. The molecule has 0 spiro atoms. The molecule has 18 heavy (non-hydrogen) atoms. The lowest BCUT2D eigenvalue weighted by Gasteiger charge is -2.11. The predicted octanol–water partition coefficient (Wildman–Crippen LogP) is 2.23. The van der Waals surface area contributed by atoms with Crippen molar-refractivity contribution in [2.75, 3.05) is 5.32 Å². The third kappa shape index (κ3) is 4.45. The zero-order chi connectivity index (χ0) is 13.5. The molecule has 0 aliphatic rings. The van der Waals surface area contributed by atoms with E-state index in [4.69, 9.17) is 5.11 Å². The number of carbonyl (C=O) groups excluding carboxylic acids is 1. The predicted molar refractivity (Wildman–Crippen MR) is 69.7 cm³/mol. The summed E-state index contributed by atoms with van der Waals surface area (Å²) >= 11 is 0. The second kappa shape index (κ2) is 6.64. The highest BCUT2D eigenvalue weighted by Crippen LogP contribution is 2.10. The number of hydrogen-bond donors (Lipinski definition) is 3. The minimum absolute atomic E-state index is 0.520. The first-order valence-corrected chi connectivity index (χ1v) is 5.92. The van der Waals surface area contributed by atoms with Crippen LogP contribution in [0.3, 0.4) is 0 Å². The number of rotatable bonds is 5. The number of benzene rings is 1. The van der Waals surface area contributed by atoms with Crippen LogP contribution in [0.4, 0.5) is 10.5 Å². The molecule has 0 fully saturated rings. The Labute approximate surface area is 106 Å². The van der Waals surface area contributed by atoms with Gasteiger partial charge in [-0.3, -0.25) is 4.79 Å². The molecule has 1 atom stereocenters. The van der Waals surface area contributed by atoms with Crippen LogP contribution in [0.25, 0.3) is 0 Å². The molecule has 2 amide bonds. The molecular formula is C13H18N2O3. The van der Waals surface area contributed by atoms with Crippen molar-refractivity contribution in [3.8, 4) is 0 Å². The highest BCUT2D eigenvalue weighted by atomic mass is 16.4. The molecule has 1 rings (SSSR count). The van der Waals surface area contributed by atoms with E-state index in [1.54, 1.807) is 12.1 Å². The third-order valence-electron chi connectivity index (χ3n) is 2.47. The van der Waals surface area contributed by atoms with Crippen LogP contribution in [0, 0.1) is 0 Å². The van der Waals surface area contributed by atoms with Gasteiger partial charge in [-0.15, -0.1) is 0 Å². The molecule has 0 aliphatic heterocycles. The highest BCUT2D eigenvalue weighted by Gasteiger charge is 2.13. The van der Waals surface area contributed by atoms with Crippen molar-refractivity contribution in [1.82, 2.24) is 5.32 Å². The summed E-state index contributed by atoms with van der Waals surface area (Å²) in [7, 11) is 0. The first kappa shape index (κ1) is 14.0. The van der Waals surface area contributed by atoms with Gasteiger partial charge in [-0.1, -0.05) is 25.5 Å². The van der Waals surface area contributed by atoms with Gasteiger partial charge in [-0.2, -0.15) is 0 Å². The second-order valence-electron chi connectivity index (χ2n) is 4.11. The smallest absolute Gasteiger partial charge is 0.325 e. The van der Waals surface area contributed by atoms with Crippen LogP contribution < -0.4 is 10.6 Å². The maximum absolute atomic E-state index is 11.5. The molecule has 1 unspecified atom stereocenters. The average molecular weight is 250 g/mol. The van der Waals surface area contributed by atoms with E-state index >= 15 is 0 Å². The van der Waals surface area contributed by atoms with Gasteiger partial charge in [-0.05, 0) is 31.0 Å². The van der Waals surface area contributed by atoms with Gasteiger partial charge in [0.25, 0.3) is 0 Å². The fraction of sp³-hybridized carbons (Fsp3) is 0.385. The molecule has 1 aromatic rings. The lowest BCUT2D eigenvalue weighted by molar-refractivity contribution is -0.138. The quantitative estimate of drug-likeness (QED) is 0.749. The number of carboxylic acid groups (broad SMARTS) is 1. The summed E-state index contributed by atoms with van der Waals surface area (Å²) in [6, 6.07) is 6.06. The molecular weight excluding hydrogens is 232 g/mol. The fourth-order valence-corrected chi connectivity index (χ4v) is 1.47. The first-order valence-electron chi connectivity index (χ1n) is 5.92. The maximum atomic E-state index is 11.5. The van der Waals surface area contributed by atoms with Crippen molar-refractivity contribution < 1.29 is 14.7 Å². The zero-order valence-electron chi connectivity index (χ0n) is 10.6. The van der Waals surface area contributed by atoms with E-state index in [0.717, 1.165) is 12.8 Å². The van der Waals surface area contributed by atoms with Crippen molar-refractivity contribution in [3.05, 3.63) is 29.8 Å². The lowest BCUT2D eigenvalue weighted by atomic mass is 10.1. The summed E-state index contributed by atoms with van der Waals surface area (Å²) in [6.45, 7) is 3.51. The minimum Gasteiger partial charge on any atom is -0.480 e. The van der Waals surface area contributed by atoms with Gasteiger partial charge in [0.2, 0.25) is 0 Å². The van der Waals surface area contributed by atoms with Gasteiger partial charge in [-0.25, -0.2) is 4.79 Å². The molecule has 1 aromatic carbocycles. The van der Waals surface area contributed by atoms with E-state index in [0.29, 0.717) is 5.69 Å². The molecule has 0 aliphatic carbocycles. The van der Waals surface area contributed by atoms with Crippen molar-refractivity contribution >= 4 is 17.7 Å². The number of carboxylic acids is 1. The van der Waals surface area contributed by atoms with Gasteiger partial charge in [0.1, 0.15) is 6.04 Å². The van der Waals surface area contributed by atoms with Crippen molar-refractivity contribution in [1.29, 1.82) is 0 Å². The summed E-state index contributed by atoms with van der Waals surface area (Å²) in [5, 5.41) is 13.6. The monoisotopic (exact) mass is 250 g/mol. The summed E-state index contributed by atoms with van der Waals surface area (Å²) < 4.78 is 0. The van der Waals surface area contributed by atoms with E-state index in [-0.39, 0.29) is 0 Å². The van der Waals surface area contributed by atoms with Crippen LogP contribution >= 0.6 is 0 Å². The molecule has 0 saturated carbocycles. The Bertz CT molecular complexity index is 415. The van der Waals surface area contributed by atoms with E-state index in [2.05, 4.69) is 17.6 Å². The van der Waals surface area contributed by atoms with E-state index < -0.39 is 18.0 Å². The van der Waals surface area contributed by atoms with Gasteiger partial charge in [0.05, 0.1) is 0 Å². The van der Waals surface area contributed by atoms with Crippen molar-refractivity contribution in [2.24, 2.45) is 0 Å². The largest absolute Gasteiger partial charge is 0.480 e. The van der Waals surface area contributed by atoms with Gasteiger partial charge in [0, 0.05) is 5.69 Å². The highest BCUT2D eigenvalue weighted by molar-refractivity contribution is 5.92. The number of aliphatic carboxylic acids is 1. The number of carbonyl (C=O) groups is 2. The van der Waals surface area contributed by atoms with Crippen molar-refractivity contribution in [3.63, 3.8) is 0 Å². The average Bonchev–Trinajstić information content (AvgIpc) is 2.31. The fourth-order valence-electron chi connectivity index (χ4n) is 1.47. The van der Waals surface area contributed by atoms with Crippen LogP contribution in [0.15, 0.2) is 24.3 Å². The molecule has 0 saturated heterocycles. The molecule has 5 nitrogen and oxygen atoms in total. The standard InChI is InChI=1S/C13H18N2O3/c1-3-4-10-5-7-11(8-6-10)15-13(18)14-9(2)12(16)17/h5-9H,3-4H2,1-2H3,(H,16,17)(H2,14,15,18). The Kier molecular flexibility index (Phi) is 5.17. The van der Waals surface area contributed by atoms with Gasteiger partial charge < -0.3 is 15.7 Å². The topological polar surface area (TPSA) is 78.4 Å². The van der Waals surface area contributed by atoms with E-state index in [9.17, 15) is 9.59 Å². The Balaban J connectivity index is 2.51. The lowest BCUT2D eigenvalue weighted by Crippen LogP contribution is -2.40. The molecule has 0 bridgehead atoms. The van der Waals surface area contributed by atoms with Crippen LogP contribution in [0.1, 0.15) is 25.8 Å². The molecule has 0 heterocycles. The Morgan fingerprint density at radius 3 is 2.39 bits per heavy atom. The summed E-state index contributed by atoms with van der Waals surface area (Å²) in [4.78, 5) is 22.0. The van der Waals surface area contributed by atoms with Crippen LogP contribution in [-0.4, -0.2) is 23.1 Å². The Morgan fingerprint density at radius 2 is 1.89 bits per heavy atom. The number of anilines is 1. The Morgan fingerprint density at radius 1 is 1.28 bits per heavy atom. The zero-order valence-corrected chi connectivity index (χ0v) is 10.6. The molecule has 0 aromatic heterocycles. The number of hydrogen-bond acceptors (Lipinski definition) is 2. The van der Waals surface area contributed by atoms with Crippen LogP contribution in [0.5, 0.6) is 0 Å². The van der Waals surface area contributed by atoms with Gasteiger partial charge >= 0.3 is 12.0 Å². The third-order valence-corrected chi connectivity index (χ3v) is 2.47. The number of aryl methyl sites for hydroxylation is 1. The summed E-state index contributed by atoms with van der Waals surface area (Å²) in [5.74, 6) is -1.07. The minimum atomic E-state index is -1.07. The normalized spacial score (nSPS) is 11.7. The number of urea groups is 1. The van der Waals surface area contributed by atoms with Crippen LogP contribution in [-0.2, 0) is 11.2 Å². The molecule has 98 valence electrons. The second-order valence-corrected chi connectivity index (χ2v) is 4.11. The molecule has 3 N–H and O–H groups in total. The maximum Gasteiger partial charge on any atom is 0.325 e. The SMILES string of the molecule is CCCc1ccc(NC(=O)NC(C)C(=O)O)cc1. The summed E-state index contributed by atoms with van der Waals surface area (Å²) in [6.07, 6.45) is 2.08. The van der Waals surface area contributed by atoms with Crippen molar-refractivity contribution in [2.45, 2.75) is 32.7 Å². The van der Waals surface area contributed by atoms with Crippen LogP contribution in [0.2, 0.25) is 0 Å². The molecule has 5 heteroatoms. The first-order chi connectivity index (χ1) is 8.52. The van der Waals surface area contributed by atoms with E-state index in [1.165, 1.54) is 12.5 Å².